The number of nitrogens with one attached hydrogen (secondary N) is 1. The molecule has 2 aromatic heterocycles. The van der Waals surface area contributed by atoms with E-state index in [0.717, 1.165) is 28.1 Å². The molecule has 0 bridgehead atoms. The minimum absolute atomic E-state index is 0.0670. The van der Waals surface area contributed by atoms with Gasteiger partial charge in [-0.1, -0.05) is 12.3 Å². The first-order chi connectivity index (χ1) is 12.5. The van der Waals surface area contributed by atoms with Crippen LogP contribution in [0.15, 0.2) is 18.5 Å². The second-order valence-electron chi connectivity index (χ2n) is 6.12. The van der Waals surface area contributed by atoms with E-state index in [4.69, 9.17) is 16.9 Å². The van der Waals surface area contributed by atoms with Gasteiger partial charge >= 0.3 is 0 Å². The lowest BCUT2D eigenvalue weighted by Gasteiger charge is -2.22. The molecule has 0 amide bonds. The van der Waals surface area contributed by atoms with E-state index in [1.165, 1.54) is 30.2 Å². The number of nitrogen functional groups attached to an aromatic ring is 2. The zero-order valence-corrected chi connectivity index (χ0v) is 14.5. The smallest absolute Gasteiger partial charge is 0.140 e. The molecule has 0 radical (unpaired) electrons. The molecular weight excluding hydrogens is 351 g/mol. The summed E-state index contributed by atoms with van der Waals surface area (Å²) < 4.78 is 15.2. The van der Waals surface area contributed by atoms with Crippen molar-refractivity contribution in [2.45, 2.75) is 25.2 Å². The van der Waals surface area contributed by atoms with Crippen LogP contribution in [0.1, 0.15) is 41.3 Å². The molecule has 0 saturated heterocycles. The number of halogens is 1. The second-order valence-corrected chi connectivity index (χ2v) is 7.19. The second kappa shape index (κ2) is 6.35. The van der Waals surface area contributed by atoms with Gasteiger partial charge in [0.1, 0.15) is 29.5 Å². The van der Waals surface area contributed by atoms with Gasteiger partial charge in [0.25, 0.3) is 0 Å². The highest BCUT2D eigenvalue weighted by Crippen LogP contribution is 2.40. The van der Waals surface area contributed by atoms with Crippen molar-refractivity contribution >= 4 is 38.9 Å². The summed E-state index contributed by atoms with van der Waals surface area (Å²) in [5, 5.41) is 9.10. The largest absolute Gasteiger partial charge is 0.383 e. The molecule has 3 aromatic rings. The van der Waals surface area contributed by atoms with Crippen LogP contribution in [0.3, 0.4) is 0 Å². The van der Waals surface area contributed by atoms with E-state index < -0.39 is 5.82 Å². The summed E-state index contributed by atoms with van der Waals surface area (Å²) in [6.07, 6.45) is 4.73. The molecule has 0 atom stereocenters. The van der Waals surface area contributed by atoms with Crippen LogP contribution in [-0.2, 0) is 0 Å². The normalized spacial score (nSPS) is 13.9. The van der Waals surface area contributed by atoms with E-state index in [-0.39, 0.29) is 28.5 Å². The molecule has 6 nitrogen and oxygen atoms in total. The Morgan fingerprint density at radius 1 is 1.23 bits per heavy atom. The minimum Gasteiger partial charge on any atom is -0.383 e. The lowest BCUT2D eigenvalue weighted by atomic mass is 9.86. The number of nitrogens with two attached hydrogens (primary N) is 2. The highest BCUT2D eigenvalue weighted by molar-refractivity contribution is 7.18. The summed E-state index contributed by atoms with van der Waals surface area (Å²) in [4.78, 5) is 12.2. The highest BCUT2D eigenvalue weighted by Gasteiger charge is 2.23. The zero-order chi connectivity index (χ0) is 18.3. The predicted molar refractivity (Wildman–Crippen MR) is 101 cm³/mol. The highest BCUT2D eigenvalue weighted by atomic mass is 32.1. The maximum atomic E-state index is 14.4. The predicted octanol–water partition coefficient (Wildman–Crippen LogP) is 3.08. The first-order valence-corrected chi connectivity index (χ1v) is 8.91. The Hall–Kier alpha value is -3.05. The Morgan fingerprint density at radius 2 is 1.96 bits per heavy atom. The summed E-state index contributed by atoms with van der Waals surface area (Å²) >= 11 is 1.54. The number of anilines is 2. The van der Waals surface area contributed by atoms with Gasteiger partial charge in [0.05, 0.1) is 26.4 Å². The number of benzene rings is 1. The minimum atomic E-state index is -0.438. The van der Waals surface area contributed by atoms with Gasteiger partial charge < -0.3 is 11.5 Å². The van der Waals surface area contributed by atoms with Crippen molar-refractivity contribution in [1.82, 2.24) is 15.0 Å². The molecule has 1 aliphatic carbocycles. The number of hydrogen-bond donors (Lipinski definition) is 3. The number of thiazole rings is 1. The quantitative estimate of drug-likeness (QED) is 0.476. The molecule has 2 heterocycles. The van der Waals surface area contributed by atoms with E-state index in [2.05, 4.69) is 26.8 Å². The Kier molecular flexibility index (Phi) is 4.01. The SMILES string of the molecule is N=C(C#Cc1cc2nc(C3CCC3)sc2cc1F)c1c(N)ncnc1N. The van der Waals surface area contributed by atoms with Gasteiger partial charge in [-0.3, -0.25) is 5.41 Å². The Balaban J connectivity index is 1.68. The van der Waals surface area contributed by atoms with E-state index in [1.807, 2.05) is 0 Å². The monoisotopic (exact) mass is 366 g/mol. The van der Waals surface area contributed by atoms with Crippen molar-refractivity contribution in [1.29, 1.82) is 5.41 Å². The third-order valence-corrected chi connectivity index (χ3v) is 5.61. The van der Waals surface area contributed by atoms with Crippen molar-refractivity contribution < 1.29 is 4.39 Å². The van der Waals surface area contributed by atoms with Crippen LogP contribution >= 0.6 is 11.3 Å². The van der Waals surface area contributed by atoms with Gasteiger partial charge in [-0.25, -0.2) is 19.3 Å². The number of hydrogen-bond acceptors (Lipinski definition) is 7. The molecule has 1 aromatic carbocycles. The van der Waals surface area contributed by atoms with Crippen LogP contribution in [0, 0.1) is 23.1 Å². The molecule has 1 saturated carbocycles. The number of rotatable bonds is 2. The van der Waals surface area contributed by atoms with Gasteiger partial charge in [0.15, 0.2) is 0 Å². The number of fused-ring (bicyclic) bond motifs is 1. The average molecular weight is 366 g/mol. The molecule has 5 N–H and O–H groups in total. The molecule has 0 spiro atoms. The van der Waals surface area contributed by atoms with Gasteiger partial charge in [0, 0.05) is 5.92 Å². The van der Waals surface area contributed by atoms with Crippen LogP contribution in [0.25, 0.3) is 10.2 Å². The molecule has 26 heavy (non-hydrogen) atoms. The Morgan fingerprint density at radius 3 is 2.62 bits per heavy atom. The van der Waals surface area contributed by atoms with Crippen molar-refractivity contribution in [2.75, 3.05) is 11.5 Å². The third kappa shape index (κ3) is 2.86. The fourth-order valence-corrected chi connectivity index (χ4v) is 3.90. The summed E-state index contributed by atoms with van der Waals surface area (Å²) in [5.41, 5.74) is 12.4. The summed E-state index contributed by atoms with van der Waals surface area (Å²) in [6, 6.07) is 3.08. The van der Waals surface area contributed by atoms with Crippen LogP contribution in [0.2, 0.25) is 0 Å². The number of nitrogens with zero attached hydrogens (tertiary/aromatic N) is 3. The van der Waals surface area contributed by atoms with Gasteiger partial charge in [-0.05, 0) is 30.9 Å². The standard InChI is InChI=1S/C18H15FN6S/c19-11-7-14-13(25-18(26-14)9-2-1-3-9)6-10(11)4-5-12(20)15-16(21)23-8-24-17(15)22/h6-9,20H,1-3H2,(H4,21,22,23,24). The van der Waals surface area contributed by atoms with E-state index in [0.29, 0.717) is 5.92 Å². The Labute approximate surface area is 153 Å². The molecule has 1 aliphatic rings. The van der Waals surface area contributed by atoms with Crippen LogP contribution in [-0.4, -0.2) is 20.7 Å². The molecule has 4 rings (SSSR count). The maximum Gasteiger partial charge on any atom is 0.140 e. The zero-order valence-electron chi connectivity index (χ0n) is 13.7. The van der Waals surface area contributed by atoms with Gasteiger partial charge in [-0.15, -0.1) is 11.3 Å². The Bertz CT molecular complexity index is 1070. The number of aromatic nitrogens is 3. The molecular formula is C18H15FN6S. The topological polar surface area (TPSA) is 115 Å². The lowest BCUT2D eigenvalue weighted by molar-refractivity contribution is 0.419. The van der Waals surface area contributed by atoms with Gasteiger partial charge in [0.2, 0.25) is 0 Å². The van der Waals surface area contributed by atoms with Crippen LogP contribution < -0.4 is 11.5 Å². The molecule has 0 unspecified atom stereocenters. The summed E-state index contributed by atoms with van der Waals surface area (Å²) in [6.45, 7) is 0. The van der Waals surface area contributed by atoms with E-state index in [9.17, 15) is 4.39 Å². The third-order valence-electron chi connectivity index (χ3n) is 4.43. The maximum absolute atomic E-state index is 14.4. The van der Waals surface area contributed by atoms with Crippen molar-refractivity contribution in [2.24, 2.45) is 0 Å². The molecule has 130 valence electrons. The first kappa shape index (κ1) is 16.4. The van der Waals surface area contributed by atoms with E-state index >= 15 is 0 Å². The van der Waals surface area contributed by atoms with Gasteiger partial charge in [-0.2, -0.15) is 0 Å². The summed E-state index contributed by atoms with van der Waals surface area (Å²) in [5.74, 6) is 5.45. The van der Waals surface area contributed by atoms with Crippen molar-refractivity contribution in [3.8, 4) is 11.8 Å². The van der Waals surface area contributed by atoms with Crippen molar-refractivity contribution in [3.05, 3.63) is 40.4 Å². The van der Waals surface area contributed by atoms with Crippen LogP contribution in [0.5, 0.6) is 0 Å². The fourth-order valence-electron chi connectivity index (χ4n) is 2.75. The molecule has 8 heteroatoms. The molecule has 0 aliphatic heterocycles. The average Bonchev–Trinajstić information content (AvgIpc) is 2.92. The fraction of sp³-hybridized carbons (Fsp3) is 0.222. The first-order valence-electron chi connectivity index (χ1n) is 8.10. The lowest BCUT2D eigenvalue weighted by Crippen LogP contribution is -2.09. The van der Waals surface area contributed by atoms with Crippen molar-refractivity contribution in [3.63, 3.8) is 0 Å². The van der Waals surface area contributed by atoms with E-state index in [1.54, 1.807) is 6.07 Å². The molecule has 1 fully saturated rings. The van der Waals surface area contributed by atoms with Crippen LogP contribution in [0.4, 0.5) is 16.0 Å². The summed E-state index contributed by atoms with van der Waals surface area (Å²) in [7, 11) is 0.